The molecule has 2 aliphatic rings. The van der Waals surface area contributed by atoms with Crippen LogP contribution in [0.3, 0.4) is 0 Å². The largest absolute Gasteiger partial charge is 0.256 e. The number of aryl methyl sites for hydroxylation is 2. The molecule has 0 fully saturated rings. The number of pyridine rings is 1. The third kappa shape index (κ3) is 2.83. The van der Waals surface area contributed by atoms with Crippen molar-refractivity contribution in [3.05, 3.63) is 126 Å². The van der Waals surface area contributed by atoms with Gasteiger partial charge >= 0.3 is 0 Å². The second-order valence-electron chi connectivity index (χ2n) is 12.5. The van der Waals surface area contributed by atoms with Crippen LogP contribution in [0.5, 0.6) is 0 Å². The molecule has 0 atom stereocenters. The molecule has 0 saturated heterocycles. The summed E-state index contributed by atoms with van der Waals surface area (Å²) in [4.78, 5) is 4.96. The Morgan fingerprint density at radius 3 is 2.10 bits per heavy atom. The average Bonchev–Trinajstić information content (AvgIpc) is 3.44. The van der Waals surface area contributed by atoms with E-state index in [0.29, 0.717) is 0 Å². The summed E-state index contributed by atoms with van der Waals surface area (Å²) >= 11 is 0. The number of aromatic nitrogens is 1. The Hall–Kier alpha value is -4.75. The van der Waals surface area contributed by atoms with Crippen LogP contribution < -0.4 is 0 Å². The molecular formula is C40H29N. The van der Waals surface area contributed by atoms with Crippen molar-refractivity contribution in [3.63, 3.8) is 0 Å². The molecule has 1 aromatic heterocycles. The van der Waals surface area contributed by atoms with Gasteiger partial charge in [-0.1, -0.05) is 98.3 Å². The minimum absolute atomic E-state index is 0.138. The number of fused-ring (bicyclic) bond motifs is 10. The standard InChI is InChI=1S/C40H29N/c1-22-13-15-25-30(19-22)33(28-17-18-41-39-29-11-7-8-12-35(29)40(3,4)38(28)39)20-32-27-16-14-23(2)36-26-10-6-5-9-24(26)34(37(27)36)21-31(25)32/h5-21H,1-4H3. The van der Waals surface area contributed by atoms with E-state index in [1.807, 2.05) is 6.20 Å². The van der Waals surface area contributed by atoms with Gasteiger partial charge in [-0.05, 0) is 114 Å². The average molecular weight is 524 g/mol. The van der Waals surface area contributed by atoms with Crippen LogP contribution in [-0.4, -0.2) is 4.98 Å². The fourth-order valence-electron chi connectivity index (χ4n) is 7.98. The molecule has 0 saturated carbocycles. The van der Waals surface area contributed by atoms with E-state index in [2.05, 4.69) is 125 Å². The normalized spacial score (nSPS) is 14.0. The zero-order chi connectivity index (χ0) is 27.6. The van der Waals surface area contributed by atoms with Gasteiger partial charge in [-0.25, -0.2) is 0 Å². The van der Waals surface area contributed by atoms with Gasteiger partial charge in [-0.15, -0.1) is 0 Å². The van der Waals surface area contributed by atoms with Crippen molar-refractivity contribution >= 4 is 32.3 Å². The summed E-state index contributed by atoms with van der Waals surface area (Å²) in [5, 5.41) is 8.00. The van der Waals surface area contributed by atoms with E-state index >= 15 is 0 Å². The summed E-state index contributed by atoms with van der Waals surface area (Å²) in [7, 11) is 0. The maximum atomic E-state index is 4.96. The Kier molecular flexibility index (Phi) is 4.32. The van der Waals surface area contributed by atoms with Gasteiger partial charge in [-0.2, -0.15) is 0 Å². The molecule has 0 aliphatic heterocycles. The van der Waals surface area contributed by atoms with Crippen LogP contribution in [0.15, 0.2) is 103 Å². The molecule has 7 aromatic rings. The first kappa shape index (κ1) is 23.0. The molecule has 1 nitrogen and oxygen atoms in total. The topological polar surface area (TPSA) is 12.9 Å². The number of benzene rings is 6. The molecule has 6 aromatic carbocycles. The first-order valence-electron chi connectivity index (χ1n) is 14.6. The van der Waals surface area contributed by atoms with Crippen LogP contribution in [0.25, 0.3) is 77.0 Å². The second-order valence-corrected chi connectivity index (χ2v) is 12.5. The minimum atomic E-state index is -0.138. The van der Waals surface area contributed by atoms with Crippen molar-refractivity contribution in [2.75, 3.05) is 0 Å². The van der Waals surface area contributed by atoms with E-state index in [1.54, 1.807) is 0 Å². The van der Waals surface area contributed by atoms with Gasteiger partial charge in [0.25, 0.3) is 0 Å². The summed E-state index contributed by atoms with van der Waals surface area (Å²) < 4.78 is 0. The third-order valence-corrected chi connectivity index (χ3v) is 9.80. The van der Waals surface area contributed by atoms with E-state index in [-0.39, 0.29) is 5.41 Å². The molecule has 0 N–H and O–H groups in total. The highest BCUT2D eigenvalue weighted by Crippen LogP contribution is 2.54. The quantitative estimate of drug-likeness (QED) is 0.195. The Morgan fingerprint density at radius 1 is 0.537 bits per heavy atom. The molecule has 0 amide bonds. The lowest BCUT2D eigenvalue weighted by Crippen LogP contribution is -2.16. The van der Waals surface area contributed by atoms with Gasteiger partial charge in [0.2, 0.25) is 0 Å². The lowest BCUT2D eigenvalue weighted by Gasteiger charge is -2.25. The summed E-state index contributed by atoms with van der Waals surface area (Å²) in [6, 6.07) is 36.5. The predicted molar refractivity (Wildman–Crippen MR) is 174 cm³/mol. The summed E-state index contributed by atoms with van der Waals surface area (Å²) in [6.45, 7) is 9.16. The summed E-state index contributed by atoms with van der Waals surface area (Å²) in [5.41, 5.74) is 15.6. The van der Waals surface area contributed by atoms with Crippen LogP contribution >= 0.6 is 0 Å². The van der Waals surface area contributed by atoms with Crippen LogP contribution in [0, 0.1) is 13.8 Å². The molecule has 0 bridgehead atoms. The molecule has 1 heteroatoms. The molecule has 9 rings (SSSR count). The van der Waals surface area contributed by atoms with Crippen molar-refractivity contribution in [2.45, 2.75) is 33.1 Å². The minimum Gasteiger partial charge on any atom is -0.256 e. The predicted octanol–water partition coefficient (Wildman–Crippen LogP) is 10.8. The lowest BCUT2D eigenvalue weighted by atomic mass is 9.78. The molecule has 0 radical (unpaired) electrons. The molecule has 194 valence electrons. The molecule has 2 aliphatic carbocycles. The van der Waals surface area contributed by atoms with Gasteiger partial charge in [-0.3, -0.25) is 4.98 Å². The van der Waals surface area contributed by atoms with E-state index in [0.717, 1.165) is 5.69 Å². The van der Waals surface area contributed by atoms with E-state index in [9.17, 15) is 0 Å². The Morgan fingerprint density at radius 2 is 1.24 bits per heavy atom. The Bertz CT molecular complexity index is 2300. The van der Waals surface area contributed by atoms with E-state index in [1.165, 1.54) is 93.5 Å². The maximum absolute atomic E-state index is 4.96. The summed E-state index contributed by atoms with van der Waals surface area (Å²) in [5.74, 6) is 0. The highest BCUT2D eigenvalue weighted by Gasteiger charge is 2.38. The zero-order valence-corrected chi connectivity index (χ0v) is 23.8. The van der Waals surface area contributed by atoms with Crippen LogP contribution in [0.4, 0.5) is 0 Å². The smallest absolute Gasteiger partial charge is 0.0752 e. The number of hydrogen-bond donors (Lipinski definition) is 0. The summed E-state index contributed by atoms with van der Waals surface area (Å²) in [6.07, 6.45) is 2.01. The van der Waals surface area contributed by atoms with Crippen LogP contribution in [0.2, 0.25) is 0 Å². The van der Waals surface area contributed by atoms with Crippen molar-refractivity contribution in [3.8, 4) is 44.6 Å². The highest BCUT2D eigenvalue weighted by molar-refractivity contribution is 6.29. The molecule has 0 spiro atoms. The first-order valence-corrected chi connectivity index (χ1v) is 14.6. The lowest BCUT2D eigenvalue weighted by molar-refractivity contribution is 0.661. The van der Waals surface area contributed by atoms with Crippen LogP contribution in [-0.2, 0) is 5.41 Å². The van der Waals surface area contributed by atoms with Gasteiger partial charge in [0.1, 0.15) is 0 Å². The monoisotopic (exact) mass is 523 g/mol. The second kappa shape index (κ2) is 7.71. The number of rotatable bonds is 1. The van der Waals surface area contributed by atoms with E-state index in [4.69, 9.17) is 4.98 Å². The third-order valence-electron chi connectivity index (χ3n) is 9.80. The van der Waals surface area contributed by atoms with Gasteiger partial charge in [0.15, 0.2) is 0 Å². The van der Waals surface area contributed by atoms with Crippen molar-refractivity contribution in [1.29, 1.82) is 0 Å². The van der Waals surface area contributed by atoms with Gasteiger partial charge in [0, 0.05) is 17.2 Å². The Labute approximate surface area is 240 Å². The van der Waals surface area contributed by atoms with E-state index < -0.39 is 0 Å². The van der Waals surface area contributed by atoms with Gasteiger partial charge < -0.3 is 0 Å². The van der Waals surface area contributed by atoms with Crippen molar-refractivity contribution in [1.82, 2.24) is 4.98 Å². The molecular weight excluding hydrogens is 494 g/mol. The number of nitrogens with zero attached hydrogens (tertiary/aromatic N) is 1. The van der Waals surface area contributed by atoms with Gasteiger partial charge in [0.05, 0.1) is 5.69 Å². The molecule has 0 unspecified atom stereocenters. The number of hydrogen-bond acceptors (Lipinski definition) is 1. The maximum Gasteiger partial charge on any atom is 0.0752 e. The molecule has 41 heavy (non-hydrogen) atoms. The zero-order valence-electron chi connectivity index (χ0n) is 23.8. The highest BCUT2D eigenvalue weighted by atomic mass is 14.7. The fraction of sp³-hybridized carbons (Fsp3) is 0.125. The van der Waals surface area contributed by atoms with Crippen LogP contribution in [0.1, 0.15) is 36.1 Å². The van der Waals surface area contributed by atoms with Crippen molar-refractivity contribution < 1.29 is 0 Å². The molecule has 1 heterocycles. The fourth-order valence-corrected chi connectivity index (χ4v) is 7.98. The van der Waals surface area contributed by atoms with Crippen molar-refractivity contribution in [2.24, 2.45) is 0 Å². The Balaban J connectivity index is 1.46. The first-order chi connectivity index (χ1) is 19.9. The SMILES string of the molecule is Cc1ccc2c(c1)c(-c1ccnc3c1C(C)(C)c1ccccc1-3)cc1c3ccc(C)c4c3c(cc21)-c1ccccc1-4.